The summed E-state index contributed by atoms with van der Waals surface area (Å²) in [5, 5.41) is 18.3. The fourth-order valence-corrected chi connectivity index (χ4v) is 3.64. The third-order valence-electron chi connectivity index (χ3n) is 4.67. The van der Waals surface area contributed by atoms with Crippen LogP contribution in [0.15, 0.2) is 12.1 Å². The molecule has 0 amide bonds. The standard InChI is InChI=1S/C18H22N6/c1-11-9-13(3)23(21-11)17-15-7-5-6-8-16(15)18(20-19-17)24-14(4)10-12(2)22-24/h9-10H,5-8H2,1-4H3. The van der Waals surface area contributed by atoms with Gasteiger partial charge in [0.15, 0.2) is 11.6 Å². The van der Waals surface area contributed by atoms with Crippen molar-refractivity contribution in [3.05, 3.63) is 46.0 Å². The molecule has 0 radical (unpaired) electrons. The Labute approximate surface area is 141 Å². The molecule has 4 rings (SSSR count). The van der Waals surface area contributed by atoms with Crippen LogP contribution in [0.25, 0.3) is 11.6 Å². The molecule has 24 heavy (non-hydrogen) atoms. The molecule has 0 bridgehead atoms. The Kier molecular flexibility index (Phi) is 3.48. The van der Waals surface area contributed by atoms with Gasteiger partial charge in [0.05, 0.1) is 11.4 Å². The summed E-state index contributed by atoms with van der Waals surface area (Å²) >= 11 is 0. The largest absolute Gasteiger partial charge is 0.217 e. The smallest absolute Gasteiger partial charge is 0.179 e. The molecule has 1 aliphatic carbocycles. The van der Waals surface area contributed by atoms with Gasteiger partial charge >= 0.3 is 0 Å². The normalized spacial score (nSPS) is 14.0. The molecule has 0 aliphatic heterocycles. The van der Waals surface area contributed by atoms with E-state index in [2.05, 4.69) is 46.4 Å². The second-order valence-corrected chi connectivity index (χ2v) is 6.69. The lowest BCUT2D eigenvalue weighted by atomic mass is 9.92. The van der Waals surface area contributed by atoms with Crippen LogP contribution < -0.4 is 0 Å². The molecule has 0 fully saturated rings. The Balaban J connectivity index is 1.94. The van der Waals surface area contributed by atoms with E-state index in [1.54, 1.807) is 0 Å². The van der Waals surface area contributed by atoms with E-state index in [-0.39, 0.29) is 0 Å². The third kappa shape index (κ3) is 2.33. The Morgan fingerprint density at radius 3 is 1.46 bits per heavy atom. The van der Waals surface area contributed by atoms with Crippen LogP contribution >= 0.6 is 0 Å². The highest BCUT2D eigenvalue weighted by molar-refractivity contribution is 5.49. The van der Waals surface area contributed by atoms with E-state index in [9.17, 15) is 0 Å². The second-order valence-electron chi connectivity index (χ2n) is 6.69. The van der Waals surface area contributed by atoms with Crippen LogP contribution in [0.2, 0.25) is 0 Å². The van der Waals surface area contributed by atoms with Gasteiger partial charge in [-0.15, -0.1) is 10.2 Å². The van der Waals surface area contributed by atoms with Gasteiger partial charge in [-0.1, -0.05) is 0 Å². The number of fused-ring (bicyclic) bond motifs is 1. The van der Waals surface area contributed by atoms with Gasteiger partial charge < -0.3 is 0 Å². The first-order valence-electron chi connectivity index (χ1n) is 8.50. The zero-order chi connectivity index (χ0) is 16.8. The molecule has 6 heteroatoms. The van der Waals surface area contributed by atoms with Gasteiger partial charge in [-0.25, -0.2) is 9.36 Å². The summed E-state index contributed by atoms with van der Waals surface area (Å²) in [7, 11) is 0. The minimum Gasteiger partial charge on any atom is -0.217 e. The molecule has 0 atom stereocenters. The lowest BCUT2D eigenvalue weighted by molar-refractivity contribution is 0.636. The average molecular weight is 322 g/mol. The summed E-state index contributed by atoms with van der Waals surface area (Å²) in [6.45, 7) is 8.14. The maximum Gasteiger partial charge on any atom is 0.179 e. The van der Waals surface area contributed by atoms with E-state index in [1.165, 1.54) is 24.0 Å². The van der Waals surface area contributed by atoms with Crippen molar-refractivity contribution >= 4 is 0 Å². The number of rotatable bonds is 2. The molecular formula is C18H22N6. The van der Waals surface area contributed by atoms with Crippen LogP contribution in [0, 0.1) is 27.7 Å². The molecule has 0 aromatic carbocycles. The van der Waals surface area contributed by atoms with Crippen molar-refractivity contribution in [1.29, 1.82) is 0 Å². The highest BCUT2D eigenvalue weighted by Crippen LogP contribution is 2.29. The van der Waals surface area contributed by atoms with Crippen molar-refractivity contribution in [2.75, 3.05) is 0 Å². The predicted octanol–water partition coefficient (Wildman–Crippen LogP) is 2.96. The van der Waals surface area contributed by atoms with Crippen molar-refractivity contribution in [2.24, 2.45) is 0 Å². The van der Waals surface area contributed by atoms with E-state index in [4.69, 9.17) is 0 Å². The van der Waals surface area contributed by atoms with Crippen molar-refractivity contribution in [3.8, 4) is 11.6 Å². The lowest BCUT2D eigenvalue weighted by Crippen LogP contribution is -2.18. The minimum absolute atomic E-state index is 0.876. The summed E-state index contributed by atoms with van der Waals surface area (Å²) in [6.07, 6.45) is 4.40. The number of aryl methyl sites for hydroxylation is 4. The predicted molar refractivity (Wildman–Crippen MR) is 91.9 cm³/mol. The van der Waals surface area contributed by atoms with Gasteiger partial charge in [0.25, 0.3) is 0 Å². The first kappa shape index (κ1) is 15.1. The fourth-order valence-electron chi connectivity index (χ4n) is 3.64. The van der Waals surface area contributed by atoms with E-state index in [0.29, 0.717) is 0 Å². The van der Waals surface area contributed by atoms with Crippen LogP contribution in [-0.4, -0.2) is 29.8 Å². The molecule has 3 aromatic heterocycles. The van der Waals surface area contributed by atoms with E-state index < -0.39 is 0 Å². The Morgan fingerprint density at radius 1 is 0.708 bits per heavy atom. The molecule has 0 saturated heterocycles. The monoisotopic (exact) mass is 322 g/mol. The number of hydrogen-bond acceptors (Lipinski definition) is 4. The highest BCUT2D eigenvalue weighted by atomic mass is 15.4. The molecule has 0 spiro atoms. The van der Waals surface area contributed by atoms with Gasteiger partial charge in [-0.3, -0.25) is 0 Å². The van der Waals surface area contributed by atoms with Crippen LogP contribution in [0.1, 0.15) is 46.7 Å². The first-order chi connectivity index (χ1) is 11.5. The van der Waals surface area contributed by atoms with Gasteiger partial charge in [0.1, 0.15) is 0 Å². The van der Waals surface area contributed by atoms with Gasteiger partial charge in [-0.05, 0) is 65.5 Å². The van der Waals surface area contributed by atoms with Crippen LogP contribution in [0.5, 0.6) is 0 Å². The molecule has 1 aliphatic rings. The summed E-state index contributed by atoms with van der Waals surface area (Å²) in [5.41, 5.74) is 6.72. The number of hydrogen-bond donors (Lipinski definition) is 0. The van der Waals surface area contributed by atoms with Crippen LogP contribution in [0.3, 0.4) is 0 Å². The number of aromatic nitrogens is 6. The molecule has 3 heterocycles. The Morgan fingerprint density at radius 2 is 1.12 bits per heavy atom. The second kappa shape index (κ2) is 5.54. The van der Waals surface area contributed by atoms with Crippen LogP contribution in [-0.2, 0) is 12.8 Å². The third-order valence-corrected chi connectivity index (χ3v) is 4.67. The average Bonchev–Trinajstić information content (AvgIpc) is 3.07. The quantitative estimate of drug-likeness (QED) is 0.728. The van der Waals surface area contributed by atoms with E-state index in [0.717, 1.165) is 47.3 Å². The van der Waals surface area contributed by atoms with Crippen molar-refractivity contribution in [1.82, 2.24) is 29.8 Å². The Bertz CT molecular complexity index is 843. The molecule has 0 N–H and O–H groups in total. The minimum atomic E-state index is 0.876. The zero-order valence-corrected chi connectivity index (χ0v) is 14.7. The molecule has 0 saturated carbocycles. The topological polar surface area (TPSA) is 61.4 Å². The lowest BCUT2D eigenvalue weighted by Gasteiger charge is -2.21. The maximum atomic E-state index is 4.60. The summed E-state index contributed by atoms with van der Waals surface area (Å²) in [6, 6.07) is 4.15. The molecular weight excluding hydrogens is 300 g/mol. The SMILES string of the molecule is Cc1cc(C)n(-c2nnc(-n3nc(C)cc3C)c3c2CCCC3)n1. The number of nitrogens with zero attached hydrogens (tertiary/aromatic N) is 6. The maximum absolute atomic E-state index is 4.60. The fraction of sp³-hybridized carbons (Fsp3) is 0.444. The molecule has 3 aromatic rings. The van der Waals surface area contributed by atoms with E-state index >= 15 is 0 Å². The van der Waals surface area contributed by atoms with Crippen LogP contribution in [0.4, 0.5) is 0 Å². The summed E-state index contributed by atoms with van der Waals surface area (Å²) in [4.78, 5) is 0. The summed E-state index contributed by atoms with van der Waals surface area (Å²) < 4.78 is 3.86. The first-order valence-corrected chi connectivity index (χ1v) is 8.50. The molecule has 0 unspecified atom stereocenters. The molecule has 6 nitrogen and oxygen atoms in total. The van der Waals surface area contributed by atoms with E-state index in [1.807, 2.05) is 23.2 Å². The Hall–Kier alpha value is -2.50. The summed E-state index contributed by atoms with van der Waals surface area (Å²) in [5.74, 6) is 1.75. The zero-order valence-electron chi connectivity index (χ0n) is 14.7. The van der Waals surface area contributed by atoms with Gasteiger partial charge in [-0.2, -0.15) is 10.2 Å². The highest BCUT2D eigenvalue weighted by Gasteiger charge is 2.23. The van der Waals surface area contributed by atoms with Gasteiger partial charge in [0, 0.05) is 22.5 Å². The van der Waals surface area contributed by atoms with Crippen molar-refractivity contribution < 1.29 is 0 Å². The van der Waals surface area contributed by atoms with Gasteiger partial charge in [0.2, 0.25) is 0 Å². The van der Waals surface area contributed by atoms with Crippen molar-refractivity contribution in [3.63, 3.8) is 0 Å². The van der Waals surface area contributed by atoms with Crippen molar-refractivity contribution in [2.45, 2.75) is 53.4 Å². The molecule has 124 valence electrons.